The molecule has 0 saturated carbocycles. The van der Waals surface area contributed by atoms with Gasteiger partial charge in [0.05, 0.1) is 23.8 Å². The van der Waals surface area contributed by atoms with Crippen molar-refractivity contribution in [1.29, 1.82) is 0 Å². The summed E-state index contributed by atoms with van der Waals surface area (Å²) in [5, 5.41) is 18.7. The number of pyridine rings is 1. The van der Waals surface area contributed by atoms with Gasteiger partial charge in [-0.25, -0.2) is 17.6 Å². The number of benzene rings is 2. The number of aromatic nitrogens is 5. The molecule has 6 heterocycles. The van der Waals surface area contributed by atoms with E-state index in [1.54, 1.807) is 18.0 Å². The molecule has 11 nitrogen and oxygen atoms in total. The number of phenolic OH excluding ortho intramolecular Hbond substituents is 1. The Bertz CT molecular complexity index is 2290. The highest BCUT2D eigenvalue weighted by Crippen LogP contribution is 2.39. The van der Waals surface area contributed by atoms with Crippen LogP contribution in [0.3, 0.4) is 0 Å². The van der Waals surface area contributed by atoms with Crippen molar-refractivity contribution in [3.63, 3.8) is 0 Å². The van der Waals surface area contributed by atoms with Crippen LogP contribution in [0.4, 0.5) is 23.4 Å². The number of carbonyl (C=O) groups is 1. The summed E-state index contributed by atoms with van der Waals surface area (Å²) in [6, 6.07) is 8.52. The zero-order chi connectivity index (χ0) is 38.1. The number of aromatic hydroxyl groups is 1. The molecule has 54 heavy (non-hydrogen) atoms. The summed E-state index contributed by atoms with van der Waals surface area (Å²) in [6.45, 7) is 2.29. The highest BCUT2D eigenvalue weighted by molar-refractivity contribution is 6.03. The molecular formula is C39H36F4N8O3. The molecule has 3 aliphatic heterocycles. The number of fused-ring (bicyclic) bond motifs is 3. The number of methoxy groups -OCH3 is 1. The lowest BCUT2D eigenvalue weighted by Gasteiger charge is -2.27. The van der Waals surface area contributed by atoms with E-state index in [1.165, 1.54) is 67.6 Å². The zero-order valence-electron chi connectivity index (χ0n) is 29.5. The predicted molar refractivity (Wildman–Crippen MR) is 195 cm³/mol. The van der Waals surface area contributed by atoms with Gasteiger partial charge in [0.15, 0.2) is 11.6 Å². The summed E-state index contributed by atoms with van der Waals surface area (Å²) in [7, 11) is 3.04. The number of terminal acetylenes is 1. The Morgan fingerprint density at radius 3 is 2.72 bits per heavy atom. The Hall–Kier alpha value is -5.88. The number of ether oxygens (including phenoxy) is 1. The van der Waals surface area contributed by atoms with Crippen LogP contribution in [0, 0.1) is 24.0 Å². The molecule has 2 aromatic carbocycles. The average molecular weight is 741 g/mol. The lowest BCUT2D eigenvalue weighted by molar-refractivity contribution is -0.127. The summed E-state index contributed by atoms with van der Waals surface area (Å²) in [5.74, 6) is -0.943. The first-order valence-electron chi connectivity index (χ1n) is 17.4. The van der Waals surface area contributed by atoms with Crippen molar-refractivity contribution in [2.24, 2.45) is 0 Å². The third-order valence-corrected chi connectivity index (χ3v) is 10.1. The summed E-state index contributed by atoms with van der Waals surface area (Å²) < 4.78 is 63.7. The van der Waals surface area contributed by atoms with Crippen LogP contribution in [0.5, 0.6) is 11.8 Å². The molecule has 5 aromatic rings. The standard InChI is InChI=1S/C32H24F3N7O3.C7H12FN/c1-4-21-24(33)8-7-17-12-20(43)14-22(26(17)21)28-27(35)29-23(15-36-28)30(39-32(38-29)45-3)41(2)19-9-11-42(16-19)31(44)25(34)13-18-6-5-10-37-40-18;8-6-4-7-2-1-3-9(7)5-6/h1,5-8,10,12-15,19,43H,9,11,16H2,2-3H3;6-7H,1-5H2/b25-13-;/t19-;/m0./s1. The molecule has 2 unspecified atom stereocenters. The number of nitrogens with zero attached hydrogens (tertiary/aromatic N) is 8. The summed E-state index contributed by atoms with van der Waals surface area (Å²) >= 11 is 0. The van der Waals surface area contributed by atoms with Crippen molar-refractivity contribution in [2.75, 3.05) is 45.2 Å². The Morgan fingerprint density at radius 2 is 1.98 bits per heavy atom. The monoisotopic (exact) mass is 740 g/mol. The van der Waals surface area contributed by atoms with Gasteiger partial charge in [-0.3, -0.25) is 14.7 Å². The molecule has 3 aromatic heterocycles. The number of anilines is 1. The van der Waals surface area contributed by atoms with Crippen LogP contribution in [0.25, 0.3) is 39.0 Å². The summed E-state index contributed by atoms with van der Waals surface area (Å²) in [6.07, 6.45) is 12.7. The van der Waals surface area contributed by atoms with E-state index in [9.17, 15) is 23.1 Å². The van der Waals surface area contributed by atoms with E-state index in [1.807, 2.05) is 0 Å². The average Bonchev–Trinajstić information content (AvgIpc) is 3.92. The Kier molecular flexibility index (Phi) is 10.3. The van der Waals surface area contributed by atoms with E-state index < -0.39 is 29.5 Å². The molecule has 8 rings (SSSR count). The van der Waals surface area contributed by atoms with Gasteiger partial charge < -0.3 is 19.6 Å². The molecule has 3 atom stereocenters. The Morgan fingerprint density at radius 1 is 1.15 bits per heavy atom. The molecule has 3 fully saturated rings. The minimum absolute atomic E-state index is 0.0749. The molecule has 0 radical (unpaired) electrons. The first-order chi connectivity index (χ1) is 26.1. The Labute approximate surface area is 308 Å². The second kappa shape index (κ2) is 15.2. The van der Waals surface area contributed by atoms with E-state index in [2.05, 4.69) is 36.0 Å². The van der Waals surface area contributed by atoms with Crippen molar-refractivity contribution < 1.29 is 32.2 Å². The number of phenols is 1. The van der Waals surface area contributed by atoms with Gasteiger partial charge in [-0.05, 0) is 67.9 Å². The maximum atomic E-state index is 16.4. The summed E-state index contributed by atoms with van der Waals surface area (Å²) in [4.78, 5) is 31.2. The third kappa shape index (κ3) is 7.08. The van der Waals surface area contributed by atoms with Crippen molar-refractivity contribution >= 4 is 39.5 Å². The van der Waals surface area contributed by atoms with Crippen LogP contribution in [0.1, 0.15) is 36.9 Å². The van der Waals surface area contributed by atoms with E-state index in [0.717, 1.165) is 19.0 Å². The third-order valence-electron chi connectivity index (χ3n) is 10.1. The number of likely N-dealkylation sites (tertiary alicyclic amines) is 1. The van der Waals surface area contributed by atoms with Crippen molar-refractivity contribution in [3.8, 4) is 35.4 Å². The number of hydrogen-bond acceptors (Lipinski definition) is 10. The SMILES string of the molecule is C#Cc1c(F)ccc2cc(O)cc(-c3ncc4c(N(C)[C@H]5CCN(C(=O)/C(F)=C/c6cccnn6)C5)nc(OC)nc4c3F)c12.FC1CC2CCCN2C1. The van der Waals surface area contributed by atoms with Gasteiger partial charge in [0.25, 0.3) is 5.91 Å². The second-order valence-electron chi connectivity index (χ2n) is 13.4. The number of rotatable bonds is 6. The van der Waals surface area contributed by atoms with Crippen LogP contribution >= 0.6 is 0 Å². The lowest BCUT2D eigenvalue weighted by atomic mass is 9.96. The maximum absolute atomic E-state index is 16.4. The fourth-order valence-corrected chi connectivity index (χ4v) is 7.50. The maximum Gasteiger partial charge on any atom is 0.318 e. The molecule has 1 N–H and O–H groups in total. The smallest absolute Gasteiger partial charge is 0.318 e. The number of carbonyl (C=O) groups excluding carboxylic acids is 1. The van der Waals surface area contributed by atoms with Crippen LogP contribution in [0.15, 0.2) is 54.6 Å². The number of amides is 1. The van der Waals surface area contributed by atoms with Crippen molar-refractivity contribution in [3.05, 3.63) is 77.5 Å². The van der Waals surface area contributed by atoms with E-state index >= 15 is 4.39 Å². The summed E-state index contributed by atoms with van der Waals surface area (Å²) in [5.41, 5.74) is -0.182. The molecule has 1 amide bonds. The predicted octanol–water partition coefficient (Wildman–Crippen LogP) is 5.85. The fourth-order valence-electron chi connectivity index (χ4n) is 7.50. The molecular weight excluding hydrogens is 704 g/mol. The molecule has 3 saturated heterocycles. The normalized spacial score (nSPS) is 19.8. The fraction of sp³-hybridized carbons (Fsp3) is 0.333. The van der Waals surface area contributed by atoms with Gasteiger partial charge in [0, 0.05) is 68.2 Å². The van der Waals surface area contributed by atoms with E-state index in [0.29, 0.717) is 24.4 Å². The molecule has 0 bridgehead atoms. The largest absolute Gasteiger partial charge is 0.508 e. The first kappa shape index (κ1) is 36.5. The molecule has 3 aliphatic rings. The van der Waals surface area contributed by atoms with Crippen molar-refractivity contribution in [2.45, 2.75) is 43.9 Å². The zero-order valence-corrected chi connectivity index (χ0v) is 29.5. The van der Waals surface area contributed by atoms with Gasteiger partial charge in [-0.15, -0.1) is 6.42 Å². The van der Waals surface area contributed by atoms with Gasteiger partial charge in [-0.2, -0.15) is 20.2 Å². The number of likely N-dealkylation sites (N-methyl/N-ethyl adjacent to an activating group) is 1. The van der Waals surface area contributed by atoms with Gasteiger partial charge >= 0.3 is 6.01 Å². The highest BCUT2D eigenvalue weighted by atomic mass is 19.1. The van der Waals surface area contributed by atoms with Gasteiger partial charge in [0.1, 0.15) is 34.8 Å². The van der Waals surface area contributed by atoms with E-state index in [-0.39, 0.29) is 75.5 Å². The number of halogens is 4. The number of alkyl halides is 1. The van der Waals surface area contributed by atoms with Gasteiger partial charge in [-0.1, -0.05) is 12.0 Å². The van der Waals surface area contributed by atoms with E-state index in [4.69, 9.17) is 11.2 Å². The molecule has 278 valence electrons. The van der Waals surface area contributed by atoms with Crippen molar-refractivity contribution in [1.82, 2.24) is 34.9 Å². The quantitative estimate of drug-likeness (QED) is 0.129. The van der Waals surface area contributed by atoms with Crippen LogP contribution in [0.2, 0.25) is 0 Å². The highest BCUT2D eigenvalue weighted by Gasteiger charge is 2.35. The minimum Gasteiger partial charge on any atom is -0.508 e. The van der Waals surface area contributed by atoms with Gasteiger partial charge in [0.2, 0.25) is 0 Å². The molecule has 0 spiro atoms. The molecule has 0 aliphatic carbocycles. The lowest BCUT2D eigenvalue weighted by Crippen LogP contribution is -2.37. The molecule has 15 heteroatoms. The Balaban J connectivity index is 0.000000433. The minimum atomic E-state index is -0.973. The van der Waals surface area contributed by atoms with Crippen LogP contribution < -0.4 is 9.64 Å². The number of hydrogen-bond donors (Lipinski definition) is 1. The first-order valence-corrected chi connectivity index (χ1v) is 17.4. The van der Waals surface area contributed by atoms with Crippen LogP contribution in [-0.4, -0.2) is 105 Å². The topological polar surface area (TPSA) is 121 Å². The second-order valence-corrected chi connectivity index (χ2v) is 13.4. The van der Waals surface area contributed by atoms with Crippen LogP contribution in [-0.2, 0) is 4.79 Å².